The summed E-state index contributed by atoms with van der Waals surface area (Å²) in [6.07, 6.45) is 0. The summed E-state index contributed by atoms with van der Waals surface area (Å²) in [6, 6.07) is 9.51. The Labute approximate surface area is 79.9 Å². The molecular weight excluding hydrogens is 188 g/mol. The third kappa shape index (κ3) is 1.36. The molecule has 0 atom stereocenters. The molecule has 1 aromatic heterocycles. The number of nitrogen functional groups attached to an aromatic ring is 1. The van der Waals surface area contributed by atoms with E-state index in [-0.39, 0.29) is 5.28 Å². The smallest absolute Gasteiger partial charge is 0.243 e. The zero-order chi connectivity index (χ0) is 9.26. The monoisotopic (exact) mass is 194 g/mol. The van der Waals surface area contributed by atoms with Gasteiger partial charge in [0.15, 0.2) is 5.82 Å². The Morgan fingerprint density at radius 3 is 2.38 bits per heavy atom. The molecule has 0 aliphatic heterocycles. The van der Waals surface area contributed by atoms with Gasteiger partial charge in [-0.25, -0.2) is 4.68 Å². The van der Waals surface area contributed by atoms with Crippen molar-refractivity contribution >= 4 is 11.6 Å². The summed E-state index contributed by atoms with van der Waals surface area (Å²) >= 11 is 5.64. The average molecular weight is 195 g/mol. The topological polar surface area (TPSA) is 56.7 Å². The van der Waals surface area contributed by atoms with E-state index in [4.69, 9.17) is 17.4 Å². The molecule has 1 heterocycles. The van der Waals surface area contributed by atoms with Gasteiger partial charge < -0.3 is 5.84 Å². The van der Waals surface area contributed by atoms with Crippen LogP contribution in [0.2, 0.25) is 5.28 Å². The van der Waals surface area contributed by atoms with E-state index in [0.29, 0.717) is 5.82 Å². The second-order valence-corrected chi connectivity index (χ2v) is 2.87. The molecule has 0 radical (unpaired) electrons. The fraction of sp³-hybridized carbons (Fsp3) is 0. The second kappa shape index (κ2) is 3.06. The van der Waals surface area contributed by atoms with Gasteiger partial charge in [-0.05, 0) is 11.6 Å². The van der Waals surface area contributed by atoms with Crippen LogP contribution in [0.1, 0.15) is 0 Å². The number of benzene rings is 1. The maximum Gasteiger partial charge on any atom is 0.243 e. The minimum Gasteiger partial charge on any atom is -0.335 e. The highest BCUT2D eigenvalue weighted by atomic mass is 35.5. The maximum absolute atomic E-state index is 5.64. The van der Waals surface area contributed by atoms with Gasteiger partial charge in [-0.1, -0.05) is 30.3 Å². The lowest BCUT2D eigenvalue weighted by Crippen LogP contribution is -2.09. The van der Waals surface area contributed by atoms with Crippen LogP contribution in [0.25, 0.3) is 11.4 Å². The SMILES string of the molecule is Nn1c(Cl)nnc1-c1ccccc1. The van der Waals surface area contributed by atoms with Crippen molar-refractivity contribution in [3.8, 4) is 11.4 Å². The summed E-state index contributed by atoms with van der Waals surface area (Å²) < 4.78 is 1.25. The van der Waals surface area contributed by atoms with Crippen LogP contribution in [0.4, 0.5) is 0 Å². The van der Waals surface area contributed by atoms with E-state index in [1.807, 2.05) is 30.3 Å². The second-order valence-electron chi connectivity index (χ2n) is 2.53. The number of halogens is 1. The summed E-state index contributed by atoms with van der Waals surface area (Å²) in [5.41, 5.74) is 0.893. The third-order valence-corrected chi connectivity index (χ3v) is 1.94. The number of rotatable bonds is 1. The lowest BCUT2D eigenvalue weighted by Gasteiger charge is -1.98. The molecular formula is C8H7ClN4. The Kier molecular flexibility index (Phi) is 1.90. The lowest BCUT2D eigenvalue weighted by atomic mass is 10.2. The number of aromatic nitrogens is 3. The van der Waals surface area contributed by atoms with Crippen molar-refractivity contribution in [3.05, 3.63) is 35.6 Å². The number of hydrogen-bond donors (Lipinski definition) is 1. The van der Waals surface area contributed by atoms with E-state index < -0.39 is 0 Å². The normalized spacial score (nSPS) is 10.2. The number of nitrogens with zero attached hydrogens (tertiary/aromatic N) is 3. The Hall–Kier alpha value is -1.55. The van der Waals surface area contributed by atoms with Crippen molar-refractivity contribution in [2.75, 3.05) is 5.84 Å². The molecule has 66 valence electrons. The molecule has 0 bridgehead atoms. The number of nitrogens with two attached hydrogens (primary N) is 1. The summed E-state index contributed by atoms with van der Waals surface area (Å²) in [5, 5.41) is 7.67. The van der Waals surface area contributed by atoms with E-state index in [0.717, 1.165) is 5.56 Å². The molecule has 0 saturated heterocycles. The van der Waals surface area contributed by atoms with Crippen molar-refractivity contribution in [2.45, 2.75) is 0 Å². The standard InChI is InChI=1S/C8H7ClN4/c9-8-12-11-7(13(8)10)6-4-2-1-3-5-6/h1-5H,10H2. The van der Waals surface area contributed by atoms with Crippen molar-refractivity contribution in [1.82, 2.24) is 14.9 Å². The molecule has 5 heteroatoms. The zero-order valence-electron chi connectivity index (χ0n) is 6.68. The van der Waals surface area contributed by atoms with Gasteiger partial charge in [0.2, 0.25) is 5.28 Å². The molecule has 0 aliphatic rings. The van der Waals surface area contributed by atoms with Gasteiger partial charge in [0, 0.05) is 5.56 Å². The van der Waals surface area contributed by atoms with Gasteiger partial charge in [-0.2, -0.15) is 0 Å². The van der Waals surface area contributed by atoms with Gasteiger partial charge in [0.1, 0.15) is 0 Å². The summed E-state index contributed by atoms with van der Waals surface area (Å²) in [4.78, 5) is 0. The van der Waals surface area contributed by atoms with Gasteiger partial charge >= 0.3 is 0 Å². The van der Waals surface area contributed by atoms with E-state index in [9.17, 15) is 0 Å². The molecule has 0 unspecified atom stereocenters. The number of hydrogen-bond acceptors (Lipinski definition) is 3. The Morgan fingerprint density at radius 2 is 1.85 bits per heavy atom. The maximum atomic E-state index is 5.64. The lowest BCUT2D eigenvalue weighted by molar-refractivity contribution is 1.01. The first-order valence-corrected chi connectivity index (χ1v) is 4.08. The molecule has 1 aromatic carbocycles. The van der Waals surface area contributed by atoms with Crippen LogP contribution in [0.3, 0.4) is 0 Å². The first-order chi connectivity index (χ1) is 6.29. The van der Waals surface area contributed by atoms with E-state index in [1.54, 1.807) is 0 Å². The fourth-order valence-corrected chi connectivity index (χ4v) is 1.17. The molecule has 2 rings (SSSR count). The van der Waals surface area contributed by atoms with Gasteiger partial charge in [0.05, 0.1) is 0 Å². The Balaban J connectivity index is 2.53. The average Bonchev–Trinajstić information content (AvgIpc) is 2.49. The summed E-state index contributed by atoms with van der Waals surface area (Å²) in [7, 11) is 0. The quantitative estimate of drug-likeness (QED) is 0.697. The van der Waals surface area contributed by atoms with Crippen LogP contribution in [-0.4, -0.2) is 14.9 Å². The third-order valence-electron chi connectivity index (χ3n) is 1.69. The molecule has 0 spiro atoms. The van der Waals surface area contributed by atoms with Crippen molar-refractivity contribution in [2.24, 2.45) is 0 Å². The molecule has 13 heavy (non-hydrogen) atoms. The highest BCUT2D eigenvalue weighted by Crippen LogP contribution is 2.16. The van der Waals surface area contributed by atoms with E-state index in [1.165, 1.54) is 4.68 Å². The predicted molar refractivity (Wildman–Crippen MR) is 50.6 cm³/mol. The van der Waals surface area contributed by atoms with Gasteiger partial charge in [-0.15, -0.1) is 10.2 Å². The van der Waals surface area contributed by atoms with Crippen LogP contribution >= 0.6 is 11.6 Å². The minimum atomic E-state index is 0.179. The van der Waals surface area contributed by atoms with Crippen LogP contribution in [0.5, 0.6) is 0 Å². The predicted octanol–water partition coefficient (Wildman–Crippen LogP) is 1.31. The molecule has 0 saturated carbocycles. The summed E-state index contributed by atoms with van der Waals surface area (Å²) in [6.45, 7) is 0. The molecule has 2 N–H and O–H groups in total. The van der Waals surface area contributed by atoms with Crippen LogP contribution < -0.4 is 5.84 Å². The van der Waals surface area contributed by atoms with Crippen LogP contribution in [0, 0.1) is 0 Å². The zero-order valence-corrected chi connectivity index (χ0v) is 7.44. The highest BCUT2D eigenvalue weighted by molar-refractivity contribution is 6.28. The van der Waals surface area contributed by atoms with Crippen molar-refractivity contribution < 1.29 is 0 Å². The molecule has 0 aliphatic carbocycles. The molecule has 4 nitrogen and oxygen atoms in total. The van der Waals surface area contributed by atoms with E-state index >= 15 is 0 Å². The minimum absolute atomic E-state index is 0.179. The molecule has 0 fully saturated rings. The Morgan fingerprint density at radius 1 is 1.15 bits per heavy atom. The highest BCUT2D eigenvalue weighted by Gasteiger charge is 2.08. The fourth-order valence-electron chi connectivity index (χ4n) is 1.06. The van der Waals surface area contributed by atoms with Crippen molar-refractivity contribution in [1.29, 1.82) is 0 Å². The summed E-state index contributed by atoms with van der Waals surface area (Å²) in [5.74, 6) is 6.16. The molecule has 0 amide bonds. The van der Waals surface area contributed by atoms with Gasteiger partial charge in [-0.3, -0.25) is 0 Å². The van der Waals surface area contributed by atoms with Crippen molar-refractivity contribution in [3.63, 3.8) is 0 Å². The van der Waals surface area contributed by atoms with E-state index in [2.05, 4.69) is 10.2 Å². The first-order valence-electron chi connectivity index (χ1n) is 3.70. The van der Waals surface area contributed by atoms with Crippen LogP contribution in [-0.2, 0) is 0 Å². The Bertz CT molecular complexity index is 409. The molecule has 2 aromatic rings. The first kappa shape index (κ1) is 8.07. The van der Waals surface area contributed by atoms with Gasteiger partial charge in [0.25, 0.3) is 0 Å². The van der Waals surface area contributed by atoms with Crippen LogP contribution in [0.15, 0.2) is 30.3 Å². The largest absolute Gasteiger partial charge is 0.335 e.